The Morgan fingerprint density at radius 3 is 2.39 bits per heavy atom. The number of carbonyl (C=O) groups excluding carboxylic acids is 3. The maximum Gasteiger partial charge on any atom is 0.408 e. The summed E-state index contributed by atoms with van der Waals surface area (Å²) in [6.45, 7) is 12.8. The molecule has 7 heteroatoms. The number of nitrogens with zero attached hydrogens (tertiary/aromatic N) is 1. The highest BCUT2D eigenvalue weighted by atomic mass is 16.6. The lowest BCUT2D eigenvalue weighted by atomic mass is 9.93. The summed E-state index contributed by atoms with van der Waals surface area (Å²) in [5.41, 5.74) is 0.372. The molecule has 0 spiro atoms. The molecule has 1 saturated carbocycles. The molecule has 1 aromatic carbocycles. The molecule has 1 fully saturated rings. The Morgan fingerprint density at radius 2 is 1.83 bits per heavy atom. The van der Waals surface area contributed by atoms with Crippen LogP contribution in [0.3, 0.4) is 0 Å². The van der Waals surface area contributed by atoms with Crippen LogP contribution < -0.4 is 10.6 Å². The van der Waals surface area contributed by atoms with Gasteiger partial charge in [0.15, 0.2) is 0 Å². The SMILES string of the molecule is C#Cc1ccccc1C(C(=O)NC1CCCCC1)N(CC=C)C(=O)C(NC(=O)OC(C)(C)C)C(C)C. The number of nitrogens with one attached hydrogen (secondary N) is 2. The molecule has 2 unspecified atom stereocenters. The van der Waals surface area contributed by atoms with Gasteiger partial charge in [-0.15, -0.1) is 13.0 Å². The third-order valence-electron chi connectivity index (χ3n) is 6.14. The maximum absolute atomic E-state index is 14.0. The lowest BCUT2D eigenvalue weighted by Crippen LogP contribution is -2.55. The summed E-state index contributed by atoms with van der Waals surface area (Å²) in [5.74, 6) is 1.68. The van der Waals surface area contributed by atoms with Gasteiger partial charge in [0.1, 0.15) is 17.7 Å². The molecule has 0 aromatic heterocycles. The van der Waals surface area contributed by atoms with Crippen LogP contribution in [-0.2, 0) is 14.3 Å². The maximum atomic E-state index is 14.0. The van der Waals surface area contributed by atoms with E-state index in [0.717, 1.165) is 32.1 Å². The second-order valence-electron chi connectivity index (χ2n) is 10.6. The van der Waals surface area contributed by atoms with Crippen LogP contribution in [0.2, 0.25) is 0 Å². The zero-order valence-corrected chi connectivity index (χ0v) is 22.3. The van der Waals surface area contributed by atoms with Gasteiger partial charge in [-0.3, -0.25) is 9.59 Å². The summed E-state index contributed by atoms with van der Waals surface area (Å²) in [5, 5.41) is 5.86. The fourth-order valence-corrected chi connectivity index (χ4v) is 4.43. The third-order valence-corrected chi connectivity index (χ3v) is 6.14. The number of rotatable bonds is 9. The van der Waals surface area contributed by atoms with E-state index < -0.39 is 29.7 Å². The van der Waals surface area contributed by atoms with Crippen LogP contribution >= 0.6 is 0 Å². The van der Waals surface area contributed by atoms with Crippen LogP contribution in [0.1, 0.15) is 83.9 Å². The van der Waals surface area contributed by atoms with Crippen molar-refractivity contribution >= 4 is 17.9 Å². The van der Waals surface area contributed by atoms with Crippen LogP contribution in [0.25, 0.3) is 0 Å². The van der Waals surface area contributed by atoms with Crippen molar-refractivity contribution in [2.75, 3.05) is 6.54 Å². The van der Waals surface area contributed by atoms with Gasteiger partial charge in [-0.05, 0) is 51.2 Å². The number of hydrogen-bond acceptors (Lipinski definition) is 4. The van der Waals surface area contributed by atoms with Gasteiger partial charge >= 0.3 is 6.09 Å². The first-order valence-electron chi connectivity index (χ1n) is 12.7. The molecule has 1 aliphatic carbocycles. The van der Waals surface area contributed by atoms with Crippen LogP contribution in [0.5, 0.6) is 0 Å². The van der Waals surface area contributed by atoms with Crippen molar-refractivity contribution in [2.24, 2.45) is 5.92 Å². The van der Waals surface area contributed by atoms with Crippen molar-refractivity contribution in [3.05, 3.63) is 48.0 Å². The lowest BCUT2D eigenvalue weighted by Gasteiger charge is -2.36. The van der Waals surface area contributed by atoms with Crippen molar-refractivity contribution in [1.82, 2.24) is 15.5 Å². The van der Waals surface area contributed by atoms with E-state index in [1.165, 1.54) is 4.90 Å². The normalized spacial score (nSPS) is 15.8. The van der Waals surface area contributed by atoms with Gasteiger partial charge in [-0.2, -0.15) is 0 Å². The van der Waals surface area contributed by atoms with E-state index in [1.807, 2.05) is 13.8 Å². The number of alkyl carbamates (subject to hydrolysis) is 1. The number of ether oxygens (including phenoxy) is 1. The molecule has 0 bridgehead atoms. The Labute approximate surface area is 216 Å². The Balaban J connectivity index is 2.47. The second kappa shape index (κ2) is 13.2. The highest BCUT2D eigenvalue weighted by Gasteiger charge is 2.38. The monoisotopic (exact) mass is 495 g/mol. The Hall–Kier alpha value is -3.27. The fourth-order valence-electron chi connectivity index (χ4n) is 4.43. The lowest BCUT2D eigenvalue weighted by molar-refractivity contribution is -0.143. The molecule has 1 aliphatic rings. The fraction of sp³-hybridized carbons (Fsp3) is 0.552. The number of amides is 3. The second-order valence-corrected chi connectivity index (χ2v) is 10.6. The highest BCUT2D eigenvalue weighted by Crippen LogP contribution is 2.28. The minimum Gasteiger partial charge on any atom is -0.444 e. The van der Waals surface area contributed by atoms with E-state index in [2.05, 4.69) is 23.1 Å². The molecule has 0 heterocycles. The predicted molar refractivity (Wildman–Crippen MR) is 142 cm³/mol. The van der Waals surface area contributed by atoms with Crippen LogP contribution in [0.4, 0.5) is 4.79 Å². The van der Waals surface area contributed by atoms with Gasteiger partial charge in [-0.1, -0.05) is 63.3 Å². The summed E-state index contributed by atoms with van der Waals surface area (Å²) < 4.78 is 5.39. The summed E-state index contributed by atoms with van der Waals surface area (Å²) in [6, 6.07) is 5.28. The minimum atomic E-state index is -0.980. The molecule has 7 nitrogen and oxygen atoms in total. The molecule has 36 heavy (non-hydrogen) atoms. The molecule has 0 saturated heterocycles. The Kier molecular flexibility index (Phi) is 10.6. The van der Waals surface area contributed by atoms with Gasteiger partial charge in [-0.25, -0.2) is 4.79 Å². The number of carbonyl (C=O) groups is 3. The van der Waals surface area contributed by atoms with Gasteiger partial charge < -0.3 is 20.3 Å². The molecule has 2 atom stereocenters. The molecule has 2 N–H and O–H groups in total. The summed E-state index contributed by atoms with van der Waals surface area (Å²) >= 11 is 0. The summed E-state index contributed by atoms with van der Waals surface area (Å²) in [6.07, 6.45) is 11.7. The van der Waals surface area contributed by atoms with Gasteiger partial charge in [0.05, 0.1) is 0 Å². The first kappa shape index (κ1) is 29.0. The predicted octanol–water partition coefficient (Wildman–Crippen LogP) is 4.72. The van der Waals surface area contributed by atoms with Crippen molar-refractivity contribution in [2.45, 2.75) is 90.4 Å². The van der Waals surface area contributed by atoms with E-state index in [1.54, 1.807) is 51.1 Å². The van der Waals surface area contributed by atoms with E-state index >= 15 is 0 Å². The largest absolute Gasteiger partial charge is 0.444 e. The Bertz CT molecular complexity index is 967. The van der Waals surface area contributed by atoms with Crippen LogP contribution in [0.15, 0.2) is 36.9 Å². The summed E-state index contributed by atoms with van der Waals surface area (Å²) in [7, 11) is 0. The standard InChI is InChI=1S/C29H41N3O4/c1-8-19-32(27(34)24(20(3)4)31-28(35)36-29(5,6)7)25(23-18-14-13-15-21(23)9-2)26(33)30-22-16-11-10-12-17-22/h2,8,13-15,18,20,22,24-25H,1,10-12,16-17,19H2,3-7H3,(H,30,33)(H,31,35). The Morgan fingerprint density at radius 1 is 1.19 bits per heavy atom. The van der Waals surface area contributed by atoms with Crippen LogP contribution in [-0.4, -0.2) is 47.0 Å². The molecule has 196 valence electrons. The zero-order chi connectivity index (χ0) is 26.9. The van der Waals surface area contributed by atoms with Gasteiger partial charge in [0.2, 0.25) is 11.8 Å². The highest BCUT2D eigenvalue weighted by molar-refractivity contribution is 5.93. The molecular formula is C29H41N3O4. The molecular weight excluding hydrogens is 454 g/mol. The first-order chi connectivity index (χ1) is 17.0. The van der Waals surface area contributed by atoms with E-state index in [0.29, 0.717) is 11.1 Å². The molecule has 2 rings (SSSR count). The van der Waals surface area contributed by atoms with Crippen molar-refractivity contribution in [3.63, 3.8) is 0 Å². The molecule has 0 radical (unpaired) electrons. The first-order valence-corrected chi connectivity index (χ1v) is 12.7. The van der Waals surface area contributed by atoms with E-state index in [-0.39, 0.29) is 24.4 Å². The number of hydrogen-bond donors (Lipinski definition) is 2. The average Bonchev–Trinajstić information content (AvgIpc) is 2.81. The van der Waals surface area contributed by atoms with Crippen molar-refractivity contribution in [1.29, 1.82) is 0 Å². The third kappa shape index (κ3) is 8.15. The zero-order valence-electron chi connectivity index (χ0n) is 22.3. The molecule has 1 aromatic rings. The molecule has 3 amide bonds. The van der Waals surface area contributed by atoms with Gasteiger partial charge in [0, 0.05) is 18.2 Å². The van der Waals surface area contributed by atoms with E-state index in [9.17, 15) is 14.4 Å². The summed E-state index contributed by atoms with van der Waals surface area (Å²) in [4.78, 5) is 41.8. The van der Waals surface area contributed by atoms with Gasteiger partial charge in [0.25, 0.3) is 0 Å². The van der Waals surface area contributed by atoms with Crippen molar-refractivity contribution in [3.8, 4) is 12.3 Å². The minimum absolute atomic E-state index is 0.0493. The quantitative estimate of drug-likeness (QED) is 0.383. The topological polar surface area (TPSA) is 87.7 Å². The van der Waals surface area contributed by atoms with E-state index in [4.69, 9.17) is 11.2 Å². The van der Waals surface area contributed by atoms with Crippen LogP contribution in [0, 0.1) is 18.3 Å². The number of benzene rings is 1. The average molecular weight is 496 g/mol. The molecule has 0 aliphatic heterocycles. The number of terminal acetylenes is 1. The smallest absolute Gasteiger partial charge is 0.408 e. The van der Waals surface area contributed by atoms with Crippen molar-refractivity contribution < 1.29 is 19.1 Å².